The maximum absolute atomic E-state index is 2.38. The van der Waals surface area contributed by atoms with Gasteiger partial charge < -0.3 is 0 Å². The maximum Gasteiger partial charge on any atom is -0.0235 e. The van der Waals surface area contributed by atoms with Crippen LogP contribution in [0.4, 0.5) is 0 Å². The summed E-state index contributed by atoms with van der Waals surface area (Å²) in [7, 11) is 0. The van der Waals surface area contributed by atoms with Gasteiger partial charge in [-0.1, -0.05) is 30.3 Å². The first-order chi connectivity index (χ1) is 9.15. The first-order valence-corrected chi connectivity index (χ1v) is 7.31. The van der Waals surface area contributed by atoms with Gasteiger partial charge in [-0.05, 0) is 85.4 Å². The highest BCUT2D eigenvalue weighted by atomic mass is 14.2. The zero-order valence-electron chi connectivity index (χ0n) is 12.2. The van der Waals surface area contributed by atoms with Crippen LogP contribution in [0.2, 0.25) is 0 Å². The largest absolute Gasteiger partial charge is 0.0587 e. The highest BCUT2D eigenvalue weighted by molar-refractivity contribution is 5.42. The molecule has 4 aliphatic rings. The predicted molar refractivity (Wildman–Crippen MR) is 81.9 cm³/mol. The van der Waals surface area contributed by atoms with Crippen molar-refractivity contribution in [1.82, 2.24) is 0 Å². The van der Waals surface area contributed by atoms with E-state index in [4.69, 9.17) is 0 Å². The summed E-state index contributed by atoms with van der Waals surface area (Å²) in [4.78, 5) is 0. The number of rotatable bonds is 0. The third kappa shape index (κ3) is 2.32. The van der Waals surface area contributed by atoms with Gasteiger partial charge in [0.15, 0.2) is 0 Å². The lowest BCUT2D eigenvalue weighted by Crippen LogP contribution is -2.04. The molecule has 4 bridgehead atoms. The molecule has 0 spiro atoms. The van der Waals surface area contributed by atoms with E-state index < -0.39 is 0 Å². The van der Waals surface area contributed by atoms with Crippen LogP contribution in [0.15, 0.2) is 30.3 Å². The van der Waals surface area contributed by atoms with Crippen LogP contribution in [-0.4, -0.2) is 0 Å². The van der Waals surface area contributed by atoms with E-state index in [0.29, 0.717) is 0 Å². The molecular weight excluding hydrogens is 228 g/mol. The second-order valence-electron chi connectivity index (χ2n) is 5.89. The fourth-order valence-corrected chi connectivity index (χ4v) is 3.22. The van der Waals surface area contributed by atoms with Gasteiger partial charge in [-0.3, -0.25) is 0 Å². The second-order valence-corrected chi connectivity index (χ2v) is 5.89. The standard InChI is InChI=1S/C19H22/c1-13-12-16-4-6-17(13)8-9-19-11-10-18(7-5-16)14(2)15(19)3/h4,6,10-12H,5,7-9H2,1-3H3. The van der Waals surface area contributed by atoms with E-state index in [1.807, 2.05) is 0 Å². The van der Waals surface area contributed by atoms with Crippen molar-refractivity contribution in [3.05, 3.63) is 69.3 Å². The van der Waals surface area contributed by atoms with Gasteiger partial charge in [0.25, 0.3) is 0 Å². The second kappa shape index (κ2) is 4.85. The molecular formula is C19H22. The minimum absolute atomic E-state index is 1.15. The van der Waals surface area contributed by atoms with E-state index in [2.05, 4.69) is 51.1 Å². The highest BCUT2D eigenvalue weighted by Crippen LogP contribution is 2.23. The third-order valence-electron chi connectivity index (χ3n) is 4.77. The molecule has 4 aliphatic carbocycles. The molecule has 19 heavy (non-hydrogen) atoms. The molecule has 0 atom stereocenters. The fraction of sp³-hybridized carbons (Fsp3) is 0.368. The Kier molecular flexibility index (Phi) is 3.18. The number of aryl methyl sites for hydroxylation is 5. The molecule has 0 saturated carbocycles. The summed E-state index contributed by atoms with van der Waals surface area (Å²) in [6.45, 7) is 6.83. The fourth-order valence-electron chi connectivity index (χ4n) is 3.22. The molecule has 2 aromatic carbocycles. The summed E-state index contributed by atoms with van der Waals surface area (Å²) in [5.74, 6) is 0. The molecule has 0 amide bonds. The summed E-state index contributed by atoms with van der Waals surface area (Å²) in [5.41, 5.74) is 10.5. The lowest BCUT2D eigenvalue weighted by atomic mass is 9.89. The number of hydrogen-bond donors (Lipinski definition) is 0. The van der Waals surface area contributed by atoms with Gasteiger partial charge in [0, 0.05) is 0 Å². The first kappa shape index (κ1) is 12.5. The molecule has 6 rings (SSSR count). The smallest absolute Gasteiger partial charge is 0.0235 e. The van der Waals surface area contributed by atoms with E-state index in [1.54, 1.807) is 0 Å². The average Bonchev–Trinajstić information content (AvgIpc) is 2.39. The first-order valence-electron chi connectivity index (χ1n) is 7.31. The SMILES string of the molecule is Cc1cc2ccc1CCc1ccc(c(C)c1C)CC2. The number of hydrogen-bond acceptors (Lipinski definition) is 0. The molecule has 0 radical (unpaired) electrons. The van der Waals surface area contributed by atoms with Gasteiger partial charge >= 0.3 is 0 Å². The zero-order valence-corrected chi connectivity index (χ0v) is 12.2. The van der Waals surface area contributed by atoms with Crippen LogP contribution in [-0.2, 0) is 25.7 Å². The van der Waals surface area contributed by atoms with Gasteiger partial charge in [0.2, 0.25) is 0 Å². The summed E-state index contributed by atoms with van der Waals surface area (Å²) in [6.07, 6.45) is 4.63. The lowest BCUT2D eigenvalue weighted by molar-refractivity contribution is 0.894. The molecule has 0 heteroatoms. The normalized spacial score (nSPS) is 14.3. The molecule has 0 fully saturated rings. The van der Waals surface area contributed by atoms with E-state index in [-0.39, 0.29) is 0 Å². The topological polar surface area (TPSA) is 0 Å². The number of benzene rings is 2. The van der Waals surface area contributed by atoms with Crippen molar-refractivity contribution < 1.29 is 0 Å². The maximum atomic E-state index is 2.38. The Morgan fingerprint density at radius 2 is 1.16 bits per heavy atom. The van der Waals surface area contributed by atoms with Crippen LogP contribution in [0.5, 0.6) is 0 Å². The summed E-state index contributed by atoms with van der Waals surface area (Å²) >= 11 is 0. The van der Waals surface area contributed by atoms with Crippen LogP contribution in [0.1, 0.15) is 38.9 Å². The predicted octanol–water partition coefficient (Wildman–Crippen LogP) is 4.50. The van der Waals surface area contributed by atoms with Crippen LogP contribution in [0.25, 0.3) is 0 Å². The van der Waals surface area contributed by atoms with Crippen molar-refractivity contribution in [2.75, 3.05) is 0 Å². The summed E-state index contributed by atoms with van der Waals surface area (Å²) in [5, 5.41) is 0. The minimum atomic E-state index is 1.15. The third-order valence-corrected chi connectivity index (χ3v) is 4.77. The Bertz CT molecular complexity index is 620. The van der Waals surface area contributed by atoms with E-state index in [0.717, 1.165) is 25.7 Å². The van der Waals surface area contributed by atoms with Crippen LogP contribution in [0.3, 0.4) is 0 Å². The lowest BCUT2D eigenvalue weighted by Gasteiger charge is -2.17. The highest BCUT2D eigenvalue weighted by Gasteiger charge is 2.10. The van der Waals surface area contributed by atoms with Crippen LogP contribution in [0, 0.1) is 20.8 Å². The van der Waals surface area contributed by atoms with E-state index >= 15 is 0 Å². The molecule has 0 heterocycles. The Labute approximate surface area is 116 Å². The van der Waals surface area contributed by atoms with Crippen molar-refractivity contribution in [3.63, 3.8) is 0 Å². The molecule has 0 nitrogen and oxygen atoms in total. The molecule has 0 aliphatic heterocycles. The van der Waals surface area contributed by atoms with Crippen molar-refractivity contribution in [3.8, 4) is 0 Å². The van der Waals surface area contributed by atoms with Crippen LogP contribution < -0.4 is 0 Å². The van der Waals surface area contributed by atoms with Crippen molar-refractivity contribution in [2.24, 2.45) is 0 Å². The summed E-state index contributed by atoms with van der Waals surface area (Å²) < 4.78 is 0. The van der Waals surface area contributed by atoms with Crippen molar-refractivity contribution in [2.45, 2.75) is 46.5 Å². The van der Waals surface area contributed by atoms with E-state index in [9.17, 15) is 0 Å². The Morgan fingerprint density at radius 1 is 0.632 bits per heavy atom. The van der Waals surface area contributed by atoms with Crippen LogP contribution >= 0.6 is 0 Å². The average molecular weight is 250 g/mol. The van der Waals surface area contributed by atoms with Gasteiger partial charge in [0.1, 0.15) is 0 Å². The van der Waals surface area contributed by atoms with Crippen molar-refractivity contribution in [1.29, 1.82) is 0 Å². The van der Waals surface area contributed by atoms with Gasteiger partial charge in [0.05, 0.1) is 0 Å². The molecule has 0 unspecified atom stereocenters. The van der Waals surface area contributed by atoms with Gasteiger partial charge in [-0.2, -0.15) is 0 Å². The Balaban J connectivity index is 2.08. The molecule has 98 valence electrons. The Morgan fingerprint density at radius 3 is 1.79 bits per heavy atom. The molecule has 2 aromatic rings. The molecule has 0 N–H and O–H groups in total. The van der Waals surface area contributed by atoms with E-state index in [1.165, 1.54) is 38.9 Å². The quantitative estimate of drug-likeness (QED) is 0.646. The van der Waals surface area contributed by atoms with Gasteiger partial charge in [-0.25, -0.2) is 0 Å². The van der Waals surface area contributed by atoms with Gasteiger partial charge in [-0.15, -0.1) is 0 Å². The molecule has 0 aromatic heterocycles. The van der Waals surface area contributed by atoms with Crippen molar-refractivity contribution >= 4 is 0 Å². The molecule has 0 saturated heterocycles. The minimum Gasteiger partial charge on any atom is -0.0587 e. The zero-order chi connectivity index (χ0) is 13.4. The summed E-state index contributed by atoms with van der Waals surface area (Å²) in [6, 6.07) is 11.7. The monoisotopic (exact) mass is 250 g/mol. The Hall–Kier alpha value is -1.56.